The summed E-state index contributed by atoms with van der Waals surface area (Å²) < 4.78 is 1.65. The van der Waals surface area contributed by atoms with Gasteiger partial charge in [-0.05, 0) is 41.0 Å². The lowest BCUT2D eigenvalue weighted by Crippen LogP contribution is -2.21. The summed E-state index contributed by atoms with van der Waals surface area (Å²) in [5, 5.41) is 8.21. The molecule has 27 heavy (non-hydrogen) atoms. The number of hydrogen-bond acceptors (Lipinski definition) is 4. The number of nitrogens with one attached hydrogen (secondary N) is 1. The quantitative estimate of drug-likeness (QED) is 0.539. The Labute approximate surface area is 154 Å². The first-order valence-corrected chi connectivity index (χ1v) is 8.61. The zero-order chi connectivity index (χ0) is 18.2. The molecule has 5 rings (SSSR count). The van der Waals surface area contributed by atoms with Crippen molar-refractivity contribution in [1.82, 2.24) is 24.7 Å². The summed E-state index contributed by atoms with van der Waals surface area (Å²) in [5.74, 6) is 0. The van der Waals surface area contributed by atoms with E-state index in [0.717, 1.165) is 27.6 Å². The van der Waals surface area contributed by atoms with E-state index in [-0.39, 0.29) is 5.56 Å². The van der Waals surface area contributed by atoms with Crippen LogP contribution in [-0.2, 0) is 6.54 Å². The third-order valence-electron chi connectivity index (χ3n) is 4.67. The van der Waals surface area contributed by atoms with Crippen LogP contribution in [0.15, 0.2) is 78.0 Å². The fourth-order valence-corrected chi connectivity index (χ4v) is 3.39. The van der Waals surface area contributed by atoms with Gasteiger partial charge in [0.15, 0.2) is 5.65 Å². The van der Waals surface area contributed by atoms with E-state index in [2.05, 4.69) is 38.4 Å². The molecule has 0 fully saturated rings. The van der Waals surface area contributed by atoms with Crippen molar-refractivity contribution in [2.75, 3.05) is 0 Å². The van der Waals surface area contributed by atoms with E-state index in [1.165, 1.54) is 6.20 Å². The van der Waals surface area contributed by atoms with Crippen LogP contribution in [0.2, 0.25) is 0 Å². The van der Waals surface area contributed by atoms with Gasteiger partial charge in [0.2, 0.25) is 0 Å². The summed E-state index contributed by atoms with van der Waals surface area (Å²) in [7, 11) is 0. The Bertz CT molecular complexity index is 1340. The number of rotatable bonds is 3. The van der Waals surface area contributed by atoms with Gasteiger partial charge in [-0.2, -0.15) is 5.10 Å². The second kappa shape index (κ2) is 6.17. The number of aromatic amines is 1. The average molecular weight is 353 g/mol. The van der Waals surface area contributed by atoms with E-state index in [1.807, 2.05) is 42.6 Å². The van der Waals surface area contributed by atoms with Gasteiger partial charge in [0, 0.05) is 11.6 Å². The van der Waals surface area contributed by atoms with Crippen molar-refractivity contribution < 1.29 is 0 Å². The fourth-order valence-electron chi connectivity index (χ4n) is 3.39. The number of nitrogens with zero attached hydrogens (tertiary/aromatic N) is 4. The zero-order valence-corrected chi connectivity index (χ0v) is 14.3. The molecule has 130 valence electrons. The van der Waals surface area contributed by atoms with E-state index in [9.17, 15) is 4.79 Å². The van der Waals surface area contributed by atoms with E-state index in [4.69, 9.17) is 0 Å². The number of fused-ring (bicyclic) bond motifs is 2. The molecule has 0 aliphatic carbocycles. The van der Waals surface area contributed by atoms with E-state index < -0.39 is 0 Å². The SMILES string of the molecule is O=c1cnc2cccnc2n1Cc1cccc(-c2cccc3[nH]ncc23)c1. The number of benzene rings is 2. The predicted molar refractivity (Wildman–Crippen MR) is 104 cm³/mol. The van der Waals surface area contributed by atoms with Crippen LogP contribution in [0.4, 0.5) is 0 Å². The average Bonchev–Trinajstić information content (AvgIpc) is 3.19. The standard InChI is InChI=1S/C21H15N5O/c27-20-12-23-19-8-3-9-22-21(19)26(20)13-14-4-1-5-15(10-14)16-6-2-7-18-17(16)11-24-25-18/h1-12H,13H2,(H,24,25). The molecular weight excluding hydrogens is 338 g/mol. The first-order valence-electron chi connectivity index (χ1n) is 8.61. The smallest absolute Gasteiger partial charge is 0.270 e. The summed E-state index contributed by atoms with van der Waals surface area (Å²) in [6, 6.07) is 17.9. The summed E-state index contributed by atoms with van der Waals surface area (Å²) in [6.07, 6.45) is 4.86. The lowest BCUT2D eigenvalue weighted by atomic mass is 10.00. The largest absolute Gasteiger partial charge is 0.286 e. The highest BCUT2D eigenvalue weighted by Gasteiger charge is 2.09. The monoisotopic (exact) mass is 353 g/mol. The van der Waals surface area contributed by atoms with Crippen molar-refractivity contribution in [3.63, 3.8) is 0 Å². The molecule has 3 aromatic heterocycles. The van der Waals surface area contributed by atoms with Crippen LogP contribution in [0.3, 0.4) is 0 Å². The molecule has 0 aliphatic rings. The van der Waals surface area contributed by atoms with Crippen molar-refractivity contribution >= 4 is 22.1 Å². The minimum absolute atomic E-state index is 0.163. The highest BCUT2D eigenvalue weighted by atomic mass is 16.1. The molecule has 0 radical (unpaired) electrons. The van der Waals surface area contributed by atoms with Crippen LogP contribution in [0.1, 0.15) is 5.56 Å². The van der Waals surface area contributed by atoms with Gasteiger partial charge in [0.25, 0.3) is 5.56 Å². The van der Waals surface area contributed by atoms with Crippen molar-refractivity contribution in [2.45, 2.75) is 6.54 Å². The van der Waals surface area contributed by atoms with Gasteiger partial charge in [-0.25, -0.2) is 9.97 Å². The molecule has 0 amide bonds. The second-order valence-electron chi connectivity index (χ2n) is 6.37. The van der Waals surface area contributed by atoms with Gasteiger partial charge in [-0.1, -0.05) is 30.3 Å². The fraction of sp³-hybridized carbons (Fsp3) is 0.0476. The first-order chi connectivity index (χ1) is 13.3. The predicted octanol–water partition coefficient (Wildman–Crippen LogP) is 3.38. The highest BCUT2D eigenvalue weighted by molar-refractivity contribution is 5.94. The molecule has 5 aromatic rings. The topological polar surface area (TPSA) is 76.5 Å². The third kappa shape index (κ3) is 2.67. The van der Waals surface area contributed by atoms with Gasteiger partial charge in [0.1, 0.15) is 5.52 Å². The number of H-pyrrole nitrogens is 1. The maximum absolute atomic E-state index is 12.4. The first kappa shape index (κ1) is 15.5. The Hall–Kier alpha value is -3.80. The van der Waals surface area contributed by atoms with Crippen LogP contribution in [0.5, 0.6) is 0 Å². The molecule has 3 heterocycles. The normalized spacial score (nSPS) is 11.3. The van der Waals surface area contributed by atoms with E-state index in [0.29, 0.717) is 17.7 Å². The second-order valence-corrected chi connectivity index (χ2v) is 6.37. The van der Waals surface area contributed by atoms with Crippen LogP contribution in [0.25, 0.3) is 33.2 Å². The molecule has 0 aliphatic heterocycles. The third-order valence-corrected chi connectivity index (χ3v) is 4.67. The number of pyridine rings is 1. The Balaban J connectivity index is 1.61. The number of aromatic nitrogens is 5. The molecule has 0 atom stereocenters. The summed E-state index contributed by atoms with van der Waals surface area (Å²) in [5.41, 5.74) is 5.34. The maximum Gasteiger partial charge on any atom is 0.270 e. The molecule has 0 spiro atoms. The molecular formula is C21H15N5O. The Morgan fingerprint density at radius 2 is 1.89 bits per heavy atom. The number of hydrogen-bond donors (Lipinski definition) is 1. The van der Waals surface area contributed by atoms with E-state index >= 15 is 0 Å². The lowest BCUT2D eigenvalue weighted by Gasteiger charge is -2.10. The Kier molecular flexibility index (Phi) is 3.53. The van der Waals surface area contributed by atoms with Crippen LogP contribution >= 0.6 is 0 Å². The molecule has 6 nitrogen and oxygen atoms in total. The Morgan fingerprint density at radius 3 is 2.85 bits per heavy atom. The van der Waals surface area contributed by atoms with Crippen molar-refractivity contribution in [1.29, 1.82) is 0 Å². The lowest BCUT2D eigenvalue weighted by molar-refractivity contribution is 0.775. The van der Waals surface area contributed by atoms with Crippen molar-refractivity contribution in [3.8, 4) is 11.1 Å². The van der Waals surface area contributed by atoms with Gasteiger partial charge in [-0.3, -0.25) is 14.5 Å². The van der Waals surface area contributed by atoms with Crippen LogP contribution in [-0.4, -0.2) is 24.7 Å². The van der Waals surface area contributed by atoms with Crippen molar-refractivity contribution in [2.24, 2.45) is 0 Å². The summed E-state index contributed by atoms with van der Waals surface area (Å²) in [4.78, 5) is 20.9. The Morgan fingerprint density at radius 1 is 0.963 bits per heavy atom. The van der Waals surface area contributed by atoms with Crippen molar-refractivity contribution in [3.05, 3.63) is 89.1 Å². The van der Waals surface area contributed by atoms with Crippen LogP contribution < -0.4 is 5.56 Å². The van der Waals surface area contributed by atoms with Gasteiger partial charge in [0.05, 0.1) is 24.5 Å². The minimum atomic E-state index is -0.163. The zero-order valence-electron chi connectivity index (χ0n) is 14.3. The molecule has 0 saturated heterocycles. The van der Waals surface area contributed by atoms with E-state index in [1.54, 1.807) is 10.8 Å². The van der Waals surface area contributed by atoms with Gasteiger partial charge in [-0.15, -0.1) is 0 Å². The van der Waals surface area contributed by atoms with Gasteiger partial charge < -0.3 is 0 Å². The molecule has 0 saturated carbocycles. The summed E-state index contributed by atoms with van der Waals surface area (Å²) >= 11 is 0. The highest BCUT2D eigenvalue weighted by Crippen LogP contribution is 2.28. The maximum atomic E-state index is 12.4. The summed E-state index contributed by atoms with van der Waals surface area (Å²) in [6.45, 7) is 0.435. The van der Waals surface area contributed by atoms with Crippen LogP contribution in [0, 0.1) is 0 Å². The molecule has 1 N–H and O–H groups in total. The van der Waals surface area contributed by atoms with Gasteiger partial charge >= 0.3 is 0 Å². The molecule has 0 bridgehead atoms. The minimum Gasteiger partial charge on any atom is -0.286 e. The molecule has 2 aromatic carbocycles. The molecule has 6 heteroatoms. The molecule has 0 unspecified atom stereocenters.